The van der Waals surface area contributed by atoms with Crippen LogP contribution >= 0.6 is 0 Å². The summed E-state index contributed by atoms with van der Waals surface area (Å²) in [7, 11) is 0. The van der Waals surface area contributed by atoms with Crippen LogP contribution in [-0.2, 0) is 15.1 Å². The summed E-state index contributed by atoms with van der Waals surface area (Å²) in [6, 6.07) is 5.51. The number of rotatable bonds is 5. The molecule has 0 fully saturated rings. The van der Waals surface area contributed by atoms with Gasteiger partial charge in [-0.15, -0.1) is 6.58 Å². The first kappa shape index (κ1) is 14.2. The molecule has 1 aliphatic heterocycles. The van der Waals surface area contributed by atoms with Crippen LogP contribution in [0.1, 0.15) is 25.8 Å². The second kappa shape index (κ2) is 5.41. The van der Waals surface area contributed by atoms with Crippen LogP contribution in [-0.4, -0.2) is 12.8 Å². The van der Waals surface area contributed by atoms with Gasteiger partial charge in [-0.05, 0) is 31.5 Å². The molecule has 2 rings (SSSR count). The number of ether oxygens (including phenoxy) is 3. The summed E-state index contributed by atoms with van der Waals surface area (Å²) in [5.41, 5.74) is 0.385. The van der Waals surface area contributed by atoms with Crippen molar-refractivity contribution < 1.29 is 19.0 Å². The molecule has 0 aromatic heterocycles. The molecule has 0 aliphatic carbocycles. The van der Waals surface area contributed by atoms with E-state index in [1.807, 2.05) is 25.1 Å². The second-order valence-electron chi connectivity index (χ2n) is 4.96. The molecule has 0 saturated carbocycles. The van der Waals surface area contributed by atoms with Gasteiger partial charge in [0.2, 0.25) is 6.79 Å². The SMILES string of the molecule is C=CCC(C)(OC(=O)C(=C)C)c1ccc2c(c1)OCO2. The molecule has 0 spiro atoms. The van der Waals surface area contributed by atoms with Crippen molar-refractivity contribution >= 4 is 5.97 Å². The Morgan fingerprint density at radius 1 is 1.45 bits per heavy atom. The molecule has 4 nitrogen and oxygen atoms in total. The summed E-state index contributed by atoms with van der Waals surface area (Å²) in [5, 5.41) is 0. The van der Waals surface area contributed by atoms with E-state index in [1.165, 1.54) is 0 Å². The van der Waals surface area contributed by atoms with E-state index in [0.717, 1.165) is 5.56 Å². The summed E-state index contributed by atoms with van der Waals surface area (Å²) in [5.74, 6) is 0.928. The average molecular weight is 274 g/mol. The first-order valence-electron chi connectivity index (χ1n) is 6.36. The van der Waals surface area contributed by atoms with Gasteiger partial charge in [0.15, 0.2) is 11.5 Å². The highest BCUT2D eigenvalue weighted by Crippen LogP contribution is 2.38. The van der Waals surface area contributed by atoms with Crippen LogP contribution in [0.3, 0.4) is 0 Å². The van der Waals surface area contributed by atoms with E-state index in [2.05, 4.69) is 13.2 Å². The number of carbonyl (C=O) groups is 1. The maximum absolute atomic E-state index is 11.8. The standard InChI is InChI=1S/C16H18O4/c1-5-8-16(4,20-15(17)11(2)3)12-6-7-13-14(9-12)19-10-18-13/h5-7,9H,1-2,8,10H2,3-4H3. The number of esters is 1. The van der Waals surface area contributed by atoms with Crippen LogP contribution in [0.15, 0.2) is 43.0 Å². The van der Waals surface area contributed by atoms with Crippen molar-refractivity contribution in [3.8, 4) is 11.5 Å². The lowest BCUT2D eigenvalue weighted by atomic mass is 9.91. The van der Waals surface area contributed by atoms with Gasteiger partial charge in [0, 0.05) is 12.0 Å². The summed E-state index contributed by atoms with van der Waals surface area (Å²) >= 11 is 0. The number of fused-ring (bicyclic) bond motifs is 1. The van der Waals surface area contributed by atoms with E-state index in [-0.39, 0.29) is 6.79 Å². The zero-order chi connectivity index (χ0) is 14.8. The minimum Gasteiger partial charge on any atom is -0.454 e. The van der Waals surface area contributed by atoms with Gasteiger partial charge in [0.05, 0.1) is 0 Å². The smallest absolute Gasteiger partial charge is 0.333 e. The van der Waals surface area contributed by atoms with Gasteiger partial charge in [-0.3, -0.25) is 0 Å². The predicted octanol–water partition coefficient (Wildman–Crippen LogP) is 3.33. The third-order valence-corrected chi connectivity index (χ3v) is 3.18. The van der Waals surface area contributed by atoms with Crippen molar-refractivity contribution in [2.24, 2.45) is 0 Å². The molecular formula is C16H18O4. The number of carbonyl (C=O) groups excluding carboxylic acids is 1. The Balaban J connectivity index is 2.34. The molecule has 1 atom stereocenters. The summed E-state index contributed by atoms with van der Waals surface area (Å²) < 4.78 is 16.2. The van der Waals surface area contributed by atoms with E-state index < -0.39 is 11.6 Å². The molecule has 0 bridgehead atoms. The van der Waals surface area contributed by atoms with Crippen LogP contribution in [0, 0.1) is 0 Å². The molecule has 0 N–H and O–H groups in total. The van der Waals surface area contributed by atoms with Crippen LogP contribution in [0.5, 0.6) is 11.5 Å². The molecule has 0 radical (unpaired) electrons. The molecular weight excluding hydrogens is 256 g/mol. The summed E-state index contributed by atoms with van der Waals surface area (Å²) in [6.07, 6.45) is 2.21. The van der Waals surface area contributed by atoms with Gasteiger partial charge in [0.25, 0.3) is 0 Å². The first-order valence-corrected chi connectivity index (χ1v) is 6.36. The largest absolute Gasteiger partial charge is 0.454 e. The molecule has 1 aromatic carbocycles. The highest BCUT2D eigenvalue weighted by molar-refractivity contribution is 5.87. The quantitative estimate of drug-likeness (QED) is 0.469. The Hall–Kier alpha value is -2.23. The van der Waals surface area contributed by atoms with E-state index in [1.54, 1.807) is 13.0 Å². The van der Waals surface area contributed by atoms with Crippen LogP contribution in [0.4, 0.5) is 0 Å². The van der Waals surface area contributed by atoms with Crippen molar-refractivity contribution in [3.05, 3.63) is 48.6 Å². The fraction of sp³-hybridized carbons (Fsp3) is 0.312. The maximum atomic E-state index is 11.8. The Kier molecular flexibility index (Phi) is 3.84. The maximum Gasteiger partial charge on any atom is 0.333 e. The fourth-order valence-corrected chi connectivity index (χ4v) is 2.01. The molecule has 106 valence electrons. The van der Waals surface area contributed by atoms with Crippen molar-refractivity contribution in [2.45, 2.75) is 25.9 Å². The summed E-state index contributed by atoms with van der Waals surface area (Å²) in [4.78, 5) is 11.8. The Labute approximate surface area is 118 Å². The molecule has 1 aliphatic rings. The van der Waals surface area contributed by atoms with E-state index in [9.17, 15) is 4.79 Å². The van der Waals surface area contributed by atoms with Gasteiger partial charge in [-0.25, -0.2) is 4.79 Å². The normalized spacial score (nSPS) is 15.3. The molecule has 1 heterocycles. The van der Waals surface area contributed by atoms with Gasteiger partial charge in [-0.1, -0.05) is 18.7 Å². The van der Waals surface area contributed by atoms with Gasteiger partial charge < -0.3 is 14.2 Å². The van der Waals surface area contributed by atoms with Gasteiger partial charge in [0.1, 0.15) is 5.60 Å². The zero-order valence-corrected chi connectivity index (χ0v) is 11.8. The van der Waals surface area contributed by atoms with Crippen LogP contribution < -0.4 is 9.47 Å². The minimum absolute atomic E-state index is 0.211. The van der Waals surface area contributed by atoms with Gasteiger partial charge >= 0.3 is 5.97 Å². The molecule has 4 heteroatoms. The predicted molar refractivity (Wildman–Crippen MR) is 75.6 cm³/mol. The Bertz CT molecular complexity index is 562. The highest BCUT2D eigenvalue weighted by Gasteiger charge is 2.31. The van der Waals surface area contributed by atoms with Crippen molar-refractivity contribution in [3.63, 3.8) is 0 Å². The lowest BCUT2D eigenvalue weighted by Crippen LogP contribution is -2.29. The number of benzene rings is 1. The zero-order valence-electron chi connectivity index (χ0n) is 11.8. The molecule has 1 aromatic rings. The lowest BCUT2D eigenvalue weighted by Gasteiger charge is -2.29. The molecule has 0 saturated heterocycles. The monoisotopic (exact) mass is 274 g/mol. The van der Waals surface area contributed by atoms with Crippen molar-refractivity contribution in [2.75, 3.05) is 6.79 Å². The third-order valence-electron chi connectivity index (χ3n) is 3.18. The average Bonchev–Trinajstić information content (AvgIpc) is 2.85. The Morgan fingerprint density at radius 3 is 2.80 bits per heavy atom. The molecule has 1 unspecified atom stereocenters. The highest BCUT2D eigenvalue weighted by atomic mass is 16.7. The molecule has 0 amide bonds. The first-order chi connectivity index (χ1) is 9.46. The van der Waals surface area contributed by atoms with E-state index in [4.69, 9.17) is 14.2 Å². The second-order valence-corrected chi connectivity index (χ2v) is 4.96. The van der Waals surface area contributed by atoms with Gasteiger partial charge in [-0.2, -0.15) is 0 Å². The lowest BCUT2D eigenvalue weighted by molar-refractivity contribution is -0.153. The number of hydrogen-bond donors (Lipinski definition) is 0. The summed E-state index contributed by atoms with van der Waals surface area (Å²) in [6.45, 7) is 11.0. The van der Waals surface area contributed by atoms with E-state index in [0.29, 0.717) is 23.5 Å². The van der Waals surface area contributed by atoms with E-state index >= 15 is 0 Å². The van der Waals surface area contributed by atoms with Crippen LogP contribution in [0.25, 0.3) is 0 Å². The fourth-order valence-electron chi connectivity index (χ4n) is 2.01. The number of hydrogen-bond acceptors (Lipinski definition) is 4. The Morgan fingerprint density at radius 2 is 2.15 bits per heavy atom. The van der Waals surface area contributed by atoms with Crippen LogP contribution in [0.2, 0.25) is 0 Å². The third kappa shape index (κ3) is 2.69. The van der Waals surface area contributed by atoms with Crippen molar-refractivity contribution in [1.29, 1.82) is 0 Å². The topological polar surface area (TPSA) is 44.8 Å². The van der Waals surface area contributed by atoms with Crippen molar-refractivity contribution in [1.82, 2.24) is 0 Å². The minimum atomic E-state index is -0.807. The molecule has 20 heavy (non-hydrogen) atoms.